The van der Waals surface area contributed by atoms with Crippen molar-refractivity contribution in [2.75, 3.05) is 7.05 Å². The van der Waals surface area contributed by atoms with Crippen molar-refractivity contribution in [1.29, 1.82) is 0 Å². The average molecular weight is 192 g/mol. The zero-order valence-electron chi connectivity index (χ0n) is 6.15. The van der Waals surface area contributed by atoms with Crippen molar-refractivity contribution in [2.24, 2.45) is 10.7 Å². The van der Waals surface area contributed by atoms with Crippen LogP contribution in [0.4, 0.5) is 0 Å². The molecule has 0 aromatic carbocycles. The second-order valence-corrected chi connectivity index (χ2v) is 2.00. The molecular weight excluding hydrogens is 186 g/mol. The number of carbonyl (C=O) groups is 1. The third kappa shape index (κ3) is 2.31. The summed E-state index contributed by atoms with van der Waals surface area (Å²) >= 11 is 4.99. The number of aliphatic imine (C=N–C) groups is 1. The first kappa shape index (κ1) is 10.6. The van der Waals surface area contributed by atoms with Crippen molar-refractivity contribution in [2.45, 2.75) is 0 Å². The summed E-state index contributed by atoms with van der Waals surface area (Å²) in [6.07, 6.45) is 0.669. The van der Waals surface area contributed by atoms with Gasteiger partial charge >= 0.3 is 5.70 Å². The Morgan fingerprint density at radius 3 is 2.33 bits per heavy atom. The topological polar surface area (TPSA) is 98.6 Å². The Morgan fingerprint density at radius 2 is 2.25 bits per heavy atom. The van der Waals surface area contributed by atoms with E-state index in [1.54, 1.807) is 0 Å². The lowest BCUT2D eigenvalue weighted by atomic mass is 10.3. The third-order valence-corrected chi connectivity index (χ3v) is 1.19. The van der Waals surface area contributed by atoms with Gasteiger partial charge in [-0.1, -0.05) is 0 Å². The van der Waals surface area contributed by atoms with Gasteiger partial charge in [0.1, 0.15) is 0 Å². The number of allylic oxidation sites excluding steroid dienone is 1. The van der Waals surface area contributed by atoms with Gasteiger partial charge in [-0.15, -0.1) is 0 Å². The van der Waals surface area contributed by atoms with E-state index in [0.29, 0.717) is 6.20 Å². The van der Waals surface area contributed by atoms with Gasteiger partial charge < -0.3 is 5.73 Å². The summed E-state index contributed by atoms with van der Waals surface area (Å²) in [6, 6.07) is 0. The maximum atomic E-state index is 10.5. The van der Waals surface area contributed by atoms with Gasteiger partial charge in [-0.2, -0.15) is 0 Å². The minimum absolute atomic E-state index is 0.454. The van der Waals surface area contributed by atoms with Crippen LogP contribution < -0.4 is 5.73 Å². The van der Waals surface area contributed by atoms with Crippen molar-refractivity contribution in [3.05, 3.63) is 22.0 Å². The fraction of sp³-hybridized carbons (Fsp3) is 0.200. The first-order chi connectivity index (χ1) is 5.54. The van der Waals surface area contributed by atoms with E-state index < -0.39 is 21.6 Å². The van der Waals surface area contributed by atoms with Crippen LogP contribution >= 0.6 is 11.6 Å². The fourth-order valence-electron chi connectivity index (χ4n) is 0.529. The van der Waals surface area contributed by atoms with Gasteiger partial charge in [-0.05, 0) is 11.6 Å². The molecule has 0 fully saturated rings. The summed E-state index contributed by atoms with van der Waals surface area (Å²) in [5, 5.41) is 9.19. The van der Waals surface area contributed by atoms with Crippen LogP contribution in [-0.2, 0) is 4.79 Å². The molecule has 0 aliphatic heterocycles. The summed E-state index contributed by atoms with van der Waals surface area (Å²) in [5.74, 6) is 0. The van der Waals surface area contributed by atoms with Crippen molar-refractivity contribution < 1.29 is 9.72 Å². The molecule has 0 spiro atoms. The molecule has 0 atom stereocenters. The molecule has 0 radical (unpaired) electrons. The molecule has 7 heteroatoms. The Hall–Kier alpha value is -1.43. The minimum Gasteiger partial charge on any atom is -0.399 e. The predicted octanol–water partition coefficient (Wildman–Crippen LogP) is -0.101. The summed E-state index contributed by atoms with van der Waals surface area (Å²) in [7, 11) is 1.21. The van der Waals surface area contributed by atoms with Crippen molar-refractivity contribution in [1.82, 2.24) is 0 Å². The Kier molecular flexibility index (Phi) is 3.92. The summed E-state index contributed by atoms with van der Waals surface area (Å²) in [6.45, 7) is 0. The number of nitro groups is 1. The molecule has 2 N–H and O–H groups in total. The highest BCUT2D eigenvalue weighted by Gasteiger charge is 2.23. The summed E-state index contributed by atoms with van der Waals surface area (Å²) in [5.41, 5.74) is 3.84. The van der Waals surface area contributed by atoms with E-state index in [2.05, 4.69) is 4.99 Å². The van der Waals surface area contributed by atoms with Gasteiger partial charge in [0, 0.05) is 7.05 Å². The number of nitrogens with two attached hydrogens (primary N) is 1. The van der Waals surface area contributed by atoms with Gasteiger partial charge in [-0.3, -0.25) is 19.9 Å². The van der Waals surface area contributed by atoms with E-state index in [4.69, 9.17) is 17.3 Å². The minimum atomic E-state index is -1.01. The molecule has 0 aliphatic rings. The molecule has 0 aromatic heterocycles. The van der Waals surface area contributed by atoms with Crippen molar-refractivity contribution >= 4 is 22.6 Å². The van der Waals surface area contributed by atoms with Crippen LogP contribution in [0.1, 0.15) is 0 Å². The Morgan fingerprint density at radius 1 is 1.75 bits per heavy atom. The fourth-order valence-corrected chi connectivity index (χ4v) is 0.711. The van der Waals surface area contributed by atoms with E-state index in [0.717, 1.165) is 0 Å². The highest BCUT2D eigenvalue weighted by molar-refractivity contribution is 6.83. The lowest BCUT2D eigenvalue weighted by molar-refractivity contribution is -0.415. The number of rotatable bonds is 3. The highest BCUT2D eigenvalue weighted by atomic mass is 35.5. The van der Waals surface area contributed by atoms with Gasteiger partial charge in [0.25, 0.3) is 5.24 Å². The molecule has 66 valence electrons. The predicted molar refractivity (Wildman–Crippen MR) is 43.5 cm³/mol. The van der Waals surface area contributed by atoms with E-state index in [1.165, 1.54) is 7.05 Å². The normalized spacial score (nSPS) is 12.8. The number of carbonyl (C=O) groups excluding carboxylic acids is 1. The van der Waals surface area contributed by atoms with Crippen LogP contribution in [0, 0.1) is 10.1 Å². The lowest BCUT2D eigenvalue weighted by Crippen LogP contribution is -2.18. The Labute approximate surface area is 72.9 Å². The van der Waals surface area contributed by atoms with Crippen LogP contribution in [-0.4, -0.2) is 22.9 Å². The van der Waals surface area contributed by atoms with E-state index >= 15 is 0 Å². The molecular formula is C5H6ClN3O3. The number of hydrogen-bond donors (Lipinski definition) is 1. The molecule has 0 bridgehead atoms. The van der Waals surface area contributed by atoms with Crippen LogP contribution in [0.5, 0.6) is 0 Å². The molecule has 0 aliphatic carbocycles. The number of hydrogen-bond acceptors (Lipinski definition) is 5. The van der Waals surface area contributed by atoms with E-state index in [1.807, 2.05) is 0 Å². The maximum absolute atomic E-state index is 10.5. The monoisotopic (exact) mass is 191 g/mol. The quantitative estimate of drug-likeness (QED) is 0.291. The van der Waals surface area contributed by atoms with Gasteiger partial charge in [0.05, 0.1) is 11.1 Å². The molecule has 0 aromatic rings. The second-order valence-electron chi connectivity index (χ2n) is 1.65. The summed E-state index contributed by atoms with van der Waals surface area (Å²) < 4.78 is 0. The average Bonchev–Trinajstić information content (AvgIpc) is 1.98. The first-order valence-corrected chi connectivity index (χ1v) is 3.15. The highest BCUT2D eigenvalue weighted by Crippen LogP contribution is 2.01. The standard InChI is InChI=1S/C5H6ClN3O3/c1-8-4(5(6)10)3(2-7)9(11)12/h2H,7H2,1H3. The summed E-state index contributed by atoms with van der Waals surface area (Å²) in [4.78, 5) is 23.2. The van der Waals surface area contributed by atoms with Gasteiger partial charge in [0.2, 0.25) is 0 Å². The molecule has 6 nitrogen and oxygen atoms in total. The van der Waals surface area contributed by atoms with Crippen LogP contribution in [0.15, 0.2) is 16.9 Å². The lowest BCUT2D eigenvalue weighted by Gasteiger charge is -1.94. The van der Waals surface area contributed by atoms with Crippen LogP contribution in [0.25, 0.3) is 0 Å². The van der Waals surface area contributed by atoms with Crippen LogP contribution in [0.3, 0.4) is 0 Å². The van der Waals surface area contributed by atoms with Gasteiger partial charge in [-0.25, -0.2) is 0 Å². The zero-order chi connectivity index (χ0) is 9.72. The van der Waals surface area contributed by atoms with E-state index in [-0.39, 0.29) is 0 Å². The van der Waals surface area contributed by atoms with Crippen molar-refractivity contribution in [3.8, 4) is 0 Å². The molecule has 0 unspecified atom stereocenters. The number of halogens is 1. The SMILES string of the molecule is CN=C(C(=O)Cl)C(=CN)[N+](=O)[O-]. The van der Waals surface area contributed by atoms with E-state index in [9.17, 15) is 14.9 Å². The second kappa shape index (κ2) is 4.45. The van der Waals surface area contributed by atoms with Crippen LogP contribution in [0.2, 0.25) is 0 Å². The molecule has 12 heavy (non-hydrogen) atoms. The molecule has 0 saturated heterocycles. The van der Waals surface area contributed by atoms with Crippen molar-refractivity contribution in [3.63, 3.8) is 0 Å². The largest absolute Gasteiger partial charge is 0.399 e. The molecule has 0 rings (SSSR count). The molecule has 0 saturated carbocycles. The van der Waals surface area contributed by atoms with Gasteiger partial charge in [0.15, 0.2) is 5.71 Å². The third-order valence-electron chi connectivity index (χ3n) is 1.01. The molecule has 0 heterocycles. The Balaban J connectivity index is 4.99. The zero-order valence-corrected chi connectivity index (χ0v) is 6.91. The first-order valence-electron chi connectivity index (χ1n) is 2.77. The maximum Gasteiger partial charge on any atom is 0.314 e. The molecule has 0 amide bonds. The smallest absolute Gasteiger partial charge is 0.314 e. The Bertz CT molecular complexity index is 243. The number of nitrogens with zero attached hydrogens (tertiary/aromatic N) is 2.